The van der Waals surface area contributed by atoms with Crippen LogP contribution in [0.5, 0.6) is 0 Å². The van der Waals surface area contributed by atoms with Crippen LogP contribution in [0.1, 0.15) is 25.7 Å². The zero-order valence-corrected chi connectivity index (χ0v) is 9.92. The van der Waals surface area contributed by atoms with Crippen LogP contribution < -0.4 is 5.32 Å². The summed E-state index contributed by atoms with van der Waals surface area (Å²) in [7, 11) is 0. The fraction of sp³-hybridized carbons (Fsp3) is 0.455. The molecule has 2 aromatic rings. The van der Waals surface area contributed by atoms with E-state index < -0.39 is 0 Å². The molecular formula is C11H15N5O. The van der Waals surface area contributed by atoms with E-state index in [0.717, 1.165) is 13.1 Å². The van der Waals surface area contributed by atoms with Crippen molar-refractivity contribution in [2.75, 3.05) is 13.1 Å². The average Bonchev–Trinajstić information content (AvgIpc) is 2.86. The predicted octanol–water partition coefficient (Wildman–Crippen LogP) is 1.24. The van der Waals surface area contributed by atoms with E-state index in [9.17, 15) is 0 Å². The molecule has 2 rings (SSSR count). The number of aromatic nitrogens is 4. The summed E-state index contributed by atoms with van der Waals surface area (Å²) in [6.45, 7) is 5.84. The highest BCUT2D eigenvalue weighted by Gasteiger charge is 2.15. The molecule has 0 aliphatic carbocycles. The van der Waals surface area contributed by atoms with Gasteiger partial charge in [-0.1, -0.05) is 19.0 Å². The van der Waals surface area contributed by atoms with Crippen molar-refractivity contribution in [3.63, 3.8) is 0 Å². The average molecular weight is 233 g/mol. The Labute approximate surface area is 99.5 Å². The van der Waals surface area contributed by atoms with Crippen LogP contribution in [0.3, 0.4) is 0 Å². The number of nitrogens with one attached hydrogen (secondary N) is 1. The number of hydrogen-bond acceptors (Lipinski definition) is 6. The topological polar surface area (TPSA) is 76.7 Å². The molecule has 2 aromatic heterocycles. The lowest BCUT2D eigenvalue weighted by molar-refractivity contribution is 0.355. The summed E-state index contributed by atoms with van der Waals surface area (Å²) in [5.41, 5.74) is 0.623. The molecule has 2 heterocycles. The third-order valence-electron chi connectivity index (χ3n) is 2.36. The van der Waals surface area contributed by atoms with Gasteiger partial charge in [0.2, 0.25) is 11.7 Å². The van der Waals surface area contributed by atoms with Gasteiger partial charge in [0.25, 0.3) is 0 Å². The first-order valence-corrected chi connectivity index (χ1v) is 5.62. The van der Waals surface area contributed by atoms with Crippen molar-refractivity contribution in [3.8, 4) is 11.5 Å². The number of rotatable bonds is 5. The van der Waals surface area contributed by atoms with Crippen LogP contribution in [0.25, 0.3) is 11.5 Å². The third-order valence-corrected chi connectivity index (χ3v) is 2.36. The lowest BCUT2D eigenvalue weighted by Crippen LogP contribution is -2.19. The van der Waals surface area contributed by atoms with Crippen molar-refractivity contribution in [1.29, 1.82) is 0 Å². The molecule has 0 spiro atoms. The monoisotopic (exact) mass is 233 g/mol. The Morgan fingerprint density at radius 2 is 2.29 bits per heavy atom. The highest BCUT2D eigenvalue weighted by molar-refractivity contribution is 5.45. The van der Waals surface area contributed by atoms with Crippen LogP contribution >= 0.6 is 0 Å². The number of hydrogen-bond donors (Lipinski definition) is 1. The summed E-state index contributed by atoms with van der Waals surface area (Å²) < 4.78 is 5.21. The standard InChI is InChI=1S/C11H15N5O/c1-3-12-6-8(2)11-15-10(16-17-11)9-7-13-4-5-14-9/h4-5,7-8,12H,3,6H2,1-2H3. The first kappa shape index (κ1) is 11.7. The summed E-state index contributed by atoms with van der Waals surface area (Å²) in [6.07, 6.45) is 4.83. The molecule has 0 bridgehead atoms. The molecule has 0 aliphatic heterocycles. The van der Waals surface area contributed by atoms with E-state index in [2.05, 4.69) is 32.3 Å². The van der Waals surface area contributed by atoms with Gasteiger partial charge in [0.1, 0.15) is 5.69 Å². The highest BCUT2D eigenvalue weighted by Crippen LogP contribution is 2.16. The van der Waals surface area contributed by atoms with Crippen molar-refractivity contribution in [1.82, 2.24) is 25.4 Å². The molecule has 90 valence electrons. The van der Waals surface area contributed by atoms with E-state index in [0.29, 0.717) is 17.4 Å². The lowest BCUT2D eigenvalue weighted by atomic mass is 10.2. The molecule has 6 nitrogen and oxygen atoms in total. The summed E-state index contributed by atoms with van der Waals surface area (Å²) in [6, 6.07) is 0. The van der Waals surface area contributed by atoms with Gasteiger partial charge in [-0.2, -0.15) is 4.98 Å². The van der Waals surface area contributed by atoms with Crippen molar-refractivity contribution in [3.05, 3.63) is 24.5 Å². The Balaban J connectivity index is 2.11. The van der Waals surface area contributed by atoms with E-state index in [1.54, 1.807) is 18.6 Å². The third kappa shape index (κ3) is 2.85. The summed E-state index contributed by atoms with van der Waals surface area (Å²) in [5, 5.41) is 7.14. The van der Waals surface area contributed by atoms with Crippen LogP contribution in [0.4, 0.5) is 0 Å². The molecule has 6 heteroatoms. The first-order chi connectivity index (χ1) is 8.31. The lowest BCUT2D eigenvalue weighted by Gasteiger charge is -2.05. The Kier molecular flexibility index (Phi) is 3.77. The minimum atomic E-state index is 0.188. The van der Waals surface area contributed by atoms with Gasteiger partial charge in [0.15, 0.2) is 0 Å². The first-order valence-electron chi connectivity index (χ1n) is 5.62. The number of nitrogens with zero attached hydrogens (tertiary/aromatic N) is 4. The van der Waals surface area contributed by atoms with Crippen LogP contribution in [-0.4, -0.2) is 33.2 Å². The minimum Gasteiger partial charge on any atom is -0.339 e. The molecule has 0 aliphatic rings. The molecule has 0 fully saturated rings. The molecule has 1 unspecified atom stereocenters. The maximum atomic E-state index is 5.21. The maximum absolute atomic E-state index is 5.21. The van der Waals surface area contributed by atoms with Crippen LogP contribution in [0, 0.1) is 0 Å². The van der Waals surface area contributed by atoms with Crippen molar-refractivity contribution >= 4 is 0 Å². The van der Waals surface area contributed by atoms with Gasteiger partial charge in [-0.3, -0.25) is 4.98 Å². The summed E-state index contributed by atoms with van der Waals surface area (Å²) >= 11 is 0. The number of likely N-dealkylation sites (N-methyl/N-ethyl adjacent to an activating group) is 1. The SMILES string of the molecule is CCNCC(C)c1nc(-c2cnccn2)no1. The van der Waals surface area contributed by atoms with Crippen molar-refractivity contribution < 1.29 is 4.52 Å². The molecule has 17 heavy (non-hydrogen) atoms. The second-order valence-electron chi connectivity index (χ2n) is 3.76. The molecule has 1 N–H and O–H groups in total. The van der Waals surface area contributed by atoms with Crippen molar-refractivity contribution in [2.45, 2.75) is 19.8 Å². The van der Waals surface area contributed by atoms with Gasteiger partial charge in [0.05, 0.1) is 6.20 Å². The summed E-state index contributed by atoms with van der Waals surface area (Å²) in [5.74, 6) is 1.29. The molecule has 1 atom stereocenters. The normalized spacial score (nSPS) is 12.6. The van der Waals surface area contributed by atoms with E-state index in [4.69, 9.17) is 4.52 Å². The largest absolute Gasteiger partial charge is 0.339 e. The molecule has 0 saturated carbocycles. The Morgan fingerprint density at radius 1 is 1.41 bits per heavy atom. The molecular weight excluding hydrogens is 218 g/mol. The zero-order valence-electron chi connectivity index (χ0n) is 9.92. The maximum Gasteiger partial charge on any atom is 0.231 e. The van der Waals surface area contributed by atoms with Crippen molar-refractivity contribution in [2.24, 2.45) is 0 Å². The van der Waals surface area contributed by atoms with E-state index in [1.165, 1.54) is 0 Å². The van der Waals surface area contributed by atoms with Crippen LogP contribution in [0.15, 0.2) is 23.1 Å². The van der Waals surface area contributed by atoms with Gasteiger partial charge in [-0.15, -0.1) is 0 Å². The second-order valence-corrected chi connectivity index (χ2v) is 3.76. The molecule has 0 aromatic carbocycles. The quantitative estimate of drug-likeness (QED) is 0.837. The summed E-state index contributed by atoms with van der Waals surface area (Å²) in [4.78, 5) is 12.4. The van der Waals surface area contributed by atoms with Gasteiger partial charge in [-0.05, 0) is 6.54 Å². The second kappa shape index (κ2) is 5.49. The minimum absolute atomic E-state index is 0.188. The Bertz CT molecular complexity index is 456. The Morgan fingerprint density at radius 3 is 3.00 bits per heavy atom. The van der Waals surface area contributed by atoms with E-state index in [-0.39, 0.29) is 5.92 Å². The van der Waals surface area contributed by atoms with Gasteiger partial charge in [-0.25, -0.2) is 4.98 Å². The van der Waals surface area contributed by atoms with Gasteiger partial charge < -0.3 is 9.84 Å². The van der Waals surface area contributed by atoms with Gasteiger partial charge >= 0.3 is 0 Å². The fourth-order valence-corrected chi connectivity index (χ4v) is 1.40. The highest BCUT2D eigenvalue weighted by atomic mass is 16.5. The fourth-order valence-electron chi connectivity index (χ4n) is 1.40. The zero-order chi connectivity index (χ0) is 12.1. The molecule has 0 saturated heterocycles. The van der Waals surface area contributed by atoms with Gasteiger partial charge in [0, 0.05) is 24.9 Å². The van der Waals surface area contributed by atoms with E-state index in [1.807, 2.05) is 6.92 Å². The van der Waals surface area contributed by atoms with Crippen LogP contribution in [0.2, 0.25) is 0 Å². The predicted molar refractivity (Wildman–Crippen MR) is 62.3 cm³/mol. The van der Waals surface area contributed by atoms with Crippen LogP contribution in [-0.2, 0) is 0 Å². The van der Waals surface area contributed by atoms with E-state index >= 15 is 0 Å². The molecule has 0 amide bonds. The Hall–Kier alpha value is -1.82. The molecule has 0 radical (unpaired) electrons. The smallest absolute Gasteiger partial charge is 0.231 e.